The van der Waals surface area contributed by atoms with Gasteiger partial charge < -0.3 is 16.0 Å². The molecular weight excluding hydrogens is 281 g/mol. The normalized spacial score (nSPS) is 28.8. The van der Waals surface area contributed by atoms with Crippen molar-refractivity contribution >= 4 is 5.91 Å². The predicted molar refractivity (Wildman–Crippen MR) is 83.7 cm³/mol. The zero-order valence-electron chi connectivity index (χ0n) is 12.8. The molecule has 0 radical (unpaired) electrons. The summed E-state index contributed by atoms with van der Waals surface area (Å²) in [6.07, 6.45) is 3.71. The van der Waals surface area contributed by atoms with Crippen LogP contribution in [0.25, 0.3) is 0 Å². The molecule has 0 bridgehead atoms. The van der Waals surface area contributed by atoms with E-state index in [1.807, 2.05) is 11.0 Å². The molecule has 1 aromatic rings. The lowest BCUT2D eigenvalue weighted by Crippen LogP contribution is -2.49. The first-order valence-corrected chi connectivity index (χ1v) is 8.16. The second kappa shape index (κ2) is 6.75. The van der Waals surface area contributed by atoms with Crippen LogP contribution in [0.3, 0.4) is 0 Å². The van der Waals surface area contributed by atoms with E-state index in [9.17, 15) is 9.18 Å². The first-order valence-electron chi connectivity index (χ1n) is 8.16. The summed E-state index contributed by atoms with van der Waals surface area (Å²) in [5, 5.41) is 3.30. The highest BCUT2D eigenvalue weighted by Gasteiger charge is 2.32. The van der Waals surface area contributed by atoms with Crippen LogP contribution in [-0.4, -0.2) is 36.5 Å². The van der Waals surface area contributed by atoms with Crippen LogP contribution in [0.5, 0.6) is 0 Å². The van der Waals surface area contributed by atoms with Crippen LogP contribution in [-0.2, 0) is 4.79 Å². The van der Waals surface area contributed by atoms with Crippen LogP contribution < -0.4 is 11.1 Å². The highest BCUT2D eigenvalue weighted by Crippen LogP contribution is 2.30. The number of piperazine rings is 1. The molecule has 22 heavy (non-hydrogen) atoms. The third-order valence-corrected chi connectivity index (χ3v) is 4.95. The molecule has 2 aliphatic rings. The minimum Gasteiger partial charge on any atom is -0.333 e. The molecule has 1 amide bonds. The minimum atomic E-state index is -0.256. The lowest BCUT2D eigenvalue weighted by molar-refractivity contribution is -0.135. The molecule has 3 atom stereocenters. The molecule has 1 aromatic carbocycles. The summed E-state index contributed by atoms with van der Waals surface area (Å²) < 4.78 is 13.5. The topological polar surface area (TPSA) is 58.4 Å². The molecule has 0 aromatic heterocycles. The molecule has 1 saturated carbocycles. The number of hydrogen-bond acceptors (Lipinski definition) is 3. The van der Waals surface area contributed by atoms with Crippen molar-refractivity contribution in [2.45, 2.75) is 37.8 Å². The number of nitrogens with zero attached hydrogens (tertiary/aromatic N) is 1. The molecule has 3 N–H and O–H groups in total. The standard InChI is InChI=1S/C17H24FN3O/c18-14-5-1-4-13(9-14)16-11-20-7-8-21(16)17(22)10-12-3-2-6-15(12)19/h1,4-5,9,12,15-16,20H,2-3,6-8,10-11,19H2/t12-,15+,16?/m0/s1. The van der Waals surface area contributed by atoms with E-state index < -0.39 is 0 Å². The van der Waals surface area contributed by atoms with Crippen LogP contribution >= 0.6 is 0 Å². The highest BCUT2D eigenvalue weighted by molar-refractivity contribution is 5.77. The predicted octanol–water partition coefficient (Wildman–Crippen LogP) is 1.82. The third kappa shape index (κ3) is 3.31. The van der Waals surface area contributed by atoms with E-state index in [-0.39, 0.29) is 23.8 Å². The van der Waals surface area contributed by atoms with Crippen LogP contribution in [0.15, 0.2) is 24.3 Å². The monoisotopic (exact) mass is 305 g/mol. The molecule has 1 heterocycles. The molecule has 4 nitrogen and oxygen atoms in total. The zero-order valence-corrected chi connectivity index (χ0v) is 12.8. The molecule has 1 aliphatic carbocycles. The van der Waals surface area contributed by atoms with Crippen LogP contribution in [0.2, 0.25) is 0 Å². The quantitative estimate of drug-likeness (QED) is 0.895. The molecule has 1 aliphatic heterocycles. The van der Waals surface area contributed by atoms with Gasteiger partial charge in [-0.2, -0.15) is 0 Å². The van der Waals surface area contributed by atoms with Gasteiger partial charge in [-0.1, -0.05) is 18.6 Å². The number of rotatable bonds is 3. The molecule has 2 fully saturated rings. The van der Waals surface area contributed by atoms with E-state index in [0.717, 1.165) is 31.4 Å². The van der Waals surface area contributed by atoms with E-state index in [2.05, 4.69) is 5.32 Å². The van der Waals surface area contributed by atoms with Gasteiger partial charge in [0.2, 0.25) is 5.91 Å². The number of nitrogens with two attached hydrogens (primary N) is 1. The SMILES string of the molecule is N[C@@H]1CCC[C@H]1CC(=O)N1CCNCC1c1cccc(F)c1. The Hall–Kier alpha value is -1.46. The fraction of sp³-hybridized carbons (Fsp3) is 0.588. The number of benzene rings is 1. The fourth-order valence-corrected chi connectivity index (χ4v) is 3.67. The van der Waals surface area contributed by atoms with Crippen molar-refractivity contribution in [3.8, 4) is 0 Å². The number of carbonyl (C=O) groups excluding carboxylic acids is 1. The second-order valence-corrected chi connectivity index (χ2v) is 6.42. The average Bonchev–Trinajstić information content (AvgIpc) is 2.92. The maximum Gasteiger partial charge on any atom is 0.223 e. The van der Waals surface area contributed by atoms with E-state index in [1.54, 1.807) is 6.07 Å². The summed E-state index contributed by atoms with van der Waals surface area (Å²) in [6, 6.07) is 6.62. The first kappa shape index (κ1) is 15.4. The summed E-state index contributed by atoms with van der Waals surface area (Å²) in [6.45, 7) is 2.13. The number of halogens is 1. The summed E-state index contributed by atoms with van der Waals surface area (Å²) >= 11 is 0. The van der Waals surface area contributed by atoms with Gasteiger partial charge in [-0.15, -0.1) is 0 Å². The van der Waals surface area contributed by atoms with E-state index >= 15 is 0 Å². The lowest BCUT2D eigenvalue weighted by atomic mass is 9.97. The Morgan fingerprint density at radius 2 is 2.27 bits per heavy atom. The van der Waals surface area contributed by atoms with Gasteiger partial charge in [0.1, 0.15) is 5.82 Å². The number of amides is 1. The molecule has 120 valence electrons. The number of nitrogens with one attached hydrogen (secondary N) is 1. The smallest absolute Gasteiger partial charge is 0.223 e. The van der Waals surface area contributed by atoms with Crippen molar-refractivity contribution in [3.05, 3.63) is 35.6 Å². The summed E-state index contributed by atoms with van der Waals surface area (Å²) in [7, 11) is 0. The Bertz CT molecular complexity index is 536. The van der Waals surface area contributed by atoms with E-state index in [0.29, 0.717) is 25.4 Å². The maximum atomic E-state index is 13.5. The fourth-order valence-electron chi connectivity index (χ4n) is 3.67. The number of hydrogen-bond donors (Lipinski definition) is 2. The molecule has 5 heteroatoms. The van der Waals surface area contributed by atoms with Crippen molar-refractivity contribution in [1.29, 1.82) is 0 Å². The summed E-state index contributed by atoms with van der Waals surface area (Å²) in [5.41, 5.74) is 6.95. The van der Waals surface area contributed by atoms with Crippen LogP contribution in [0.4, 0.5) is 4.39 Å². The van der Waals surface area contributed by atoms with Crippen molar-refractivity contribution in [3.63, 3.8) is 0 Å². The lowest BCUT2D eigenvalue weighted by Gasteiger charge is -2.37. The van der Waals surface area contributed by atoms with Gasteiger partial charge in [-0.25, -0.2) is 4.39 Å². The van der Waals surface area contributed by atoms with Crippen molar-refractivity contribution in [1.82, 2.24) is 10.2 Å². The summed E-state index contributed by atoms with van der Waals surface area (Å²) in [4.78, 5) is 14.6. The molecule has 0 spiro atoms. The first-order chi connectivity index (χ1) is 10.6. The maximum absolute atomic E-state index is 13.5. The van der Waals surface area contributed by atoms with Gasteiger partial charge >= 0.3 is 0 Å². The van der Waals surface area contributed by atoms with Crippen molar-refractivity contribution < 1.29 is 9.18 Å². The Morgan fingerprint density at radius 3 is 3.00 bits per heavy atom. The Labute approximate surface area is 130 Å². The van der Waals surface area contributed by atoms with Gasteiger partial charge in [0, 0.05) is 32.1 Å². The highest BCUT2D eigenvalue weighted by atomic mass is 19.1. The number of carbonyl (C=O) groups is 1. The minimum absolute atomic E-state index is 0.0884. The summed E-state index contributed by atoms with van der Waals surface area (Å²) in [5.74, 6) is 0.196. The van der Waals surface area contributed by atoms with E-state index in [4.69, 9.17) is 5.73 Å². The molecule has 1 unspecified atom stereocenters. The molecule has 3 rings (SSSR count). The van der Waals surface area contributed by atoms with Gasteiger partial charge in [0.05, 0.1) is 6.04 Å². The van der Waals surface area contributed by atoms with Gasteiger partial charge in [0.25, 0.3) is 0 Å². The Morgan fingerprint density at radius 1 is 1.41 bits per heavy atom. The average molecular weight is 305 g/mol. The Kier molecular flexibility index (Phi) is 4.74. The molecule has 1 saturated heterocycles. The second-order valence-electron chi connectivity index (χ2n) is 6.42. The zero-order chi connectivity index (χ0) is 15.5. The van der Waals surface area contributed by atoms with Gasteiger partial charge in [-0.05, 0) is 36.5 Å². The largest absolute Gasteiger partial charge is 0.333 e. The van der Waals surface area contributed by atoms with Crippen LogP contribution in [0.1, 0.15) is 37.3 Å². The van der Waals surface area contributed by atoms with E-state index in [1.165, 1.54) is 12.1 Å². The van der Waals surface area contributed by atoms with Crippen LogP contribution in [0, 0.1) is 11.7 Å². The van der Waals surface area contributed by atoms with Gasteiger partial charge in [0.15, 0.2) is 0 Å². The third-order valence-electron chi connectivity index (χ3n) is 4.95. The van der Waals surface area contributed by atoms with Gasteiger partial charge in [-0.3, -0.25) is 4.79 Å². The Balaban J connectivity index is 1.73. The van der Waals surface area contributed by atoms with Crippen molar-refractivity contribution in [2.24, 2.45) is 11.7 Å². The van der Waals surface area contributed by atoms with Crippen molar-refractivity contribution in [2.75, 3.05) is 19.6 Å². The molecular formula is C17H24FN3O.